The Morgan fingerprint density at radius 3 is 2.12 bits per heavy atom. The van der Waals surface area contributed by atoms with Gasteiger partial charge in [0.1, 0.15) is 5.01 Å². The Balaban J connectivity index is 1.70. The first kappa shape index (κ1) is 18.8. The van der Waals surface area contributed by atoms with E-state index in [9.17, 15) is 13.2 Å². The van der Waals surface area contributed by atoms with Gasteiger partial charge < -0.3 is 5.32 Å². The Morgan fingerprint density at radius 2 is 1.65 bits per heavy atom. The fourth-order valence-electron chi connectivity index (χ4n) is 3.30. The molecule has 0 unspecified atom stereocenters. The molecule has 1 aromatic heterocycles. The minimum atomic E-state index is -3.74. The van der Waals surface area contributed by atoms with Crippen LogP contribution in [0.4, 0.5) is 10.8 Å². The van der Waals surface area contributed by atoms with E-state index in [-0.39, 0.29) is 32.7 Å². The molecule has 1 saturated carbocycles. The third-order valence-electron chi connectivity index (χ3n) is 5.46. The smallest absolute Gasteiger partial charge is 0.263 e. The van der Waals surface area contributed by atoms with Crippen molar-refractivity contribution in [3.8, 4) is 0 Å². The van der Waals surface area contributed by atoms with Crippen LogP contribution in [0.25, 0.3) is 0 Å². The summed E-state index contributed by atoms with van der Waals surface area (Å²) in [5.41, 5.74) is 0.466. The maximum atomic E-state index is 12.5. The first-order valence-corrected chi connectivity index (χ1v) is 10.5. The highest BCUT2D eigenvalue weighted by Crippen LogP contribution is 2.68. The number of hydrogen-bond donors (Lipinski definition) is 2. The van der Waals surface area contributed by atoms with Crippen LogP contribution < -0.4 is 10.0 Å². The normalized spacial score (nSPS) is 18.3. The van der Waals surface area contributed by atoms with Gasteiger partial charge in [-0.2, -0.15) is 0 Å². The molecule has 0 saturated heterocycles. The third kappa shape index (κ3) is 3.21. The molecule has 140 valence electrons. The number of nitrogens with one attached hydrogen (secondary N) is 2. The highest BCUT2D eigenvalue weighted by atomic mass is 32.2. The van der Waals surface area contributed by atoms with Crippen LogP contribution in [0.2, 0.25) is 0 Å². The van der Waals surface area contributed by atoms with Gasteiger partial charge in [0.15, 0.2) is 0 Å². The molecule has 0 radical (unpaired) electrons. The largest absolute Gasteiger partial charge is 0.326 e. The van der Waals surface area contributed by atoms with E-state index in [0.29, 0.717) is 10.7 Å². The zero-order chi connectivity index (χ0) is 19.3. The lowest BCUT2D eigenvalue weighted by Gasteiger charge is -2.08. The molecule has 1 aromatic carbocycles. The van der Waals surface area contributed by atoms with Gasteiger partial charge in [-0.3, -0.25) is 9.52 Å². The molecule has 7 nitrogen and oxygen atoms in total. The van der Waals surface area contributed by atoms with Crippen molar-refractivity contribution < 1.29 is 13.2 Å². The van der Waals surface area contributed by atoms with Gasteiger partial charge in [-0.1, -0.05) is 39.0 Å². The third-order valence-corrected chi connectivity index (χ3v) is 7.70. The number of benzene rings is 1. The van der Waals surface area contributed by atoms with Crippen LogP contribution >= 0.6 is 11.3 Å². The topological polar surface area (TPSA) is 101 Å². The summed E-state index contributed by atoms with van der Waals surface area (Å²) >= 11 is 1.16. The summed E-state index contributed by atoms with van der Waals surface area (Å²) in [6, 6.07) is 6.07. The number of carbonyl (C=O) groups excluding carboxylic acids is 1. The molecule has 1 aliphatic rings. The van der Waals surface area contributed by atoms with Crippen LogP contribution in [0.15, 0.2) is 29.2 Å². The second-order valence-corrected chi connectivity index (χ2v) is 10.5. The van der Waals surface area contributed by atoms with E-state index in [1.54, 1.807) is 19.1 Å². The van der Waals surface area contributed by atoms with Crippen LogP contribution in [-0.2, 0) is 14.8 Å². The Bertz CT molecular complexity index is 933. The number of hydrogen-bond acceptors (Lipinski definition) is 6. The van der Waals surface area contributed by atoms with Crippen molar-refractivity contribution in [2.45, 2.75) is 39.5 Å². The molecule has 0 bridgehead atoms. The molecule has 0 aliphatic heterocycles. The number of amides is 1. The highest BCUT2D eigenvalue weighted by molar-refractivity contribution is 7.93. The van der Waals surface area contributed by atoms with Crippen molar-refractivity contribution in [1.29, 1.82) is 0 Å². The van der Waals surface area contributed by atoms with Crippen molar-refractivity contribution >= 4 is 38.1 Å². The monoisotopic (exact) mass is 394 g/mol. The summed E-state index contributed by atoms with van der Waals surface area (Å²) in [5.74, 6) is -0.112. The van der Waals surface area contributed by atoms with Crippen molar-refractivity contribution in [2.24, 2.45) is 16.7 Å². The SMILES string of the molecule is Cc1nnc(NS(=O)(=O)c2ccc(NC(=O)C3C(C)(C)C3(C)C)cc2)s1. The van der Waals surface area contributed by atoms with E-state index in [1.807, 2.05) is 0 Å². The number of carbonyl (C=O) groups is 1. The number of aromatic nitrogens is 2. The van der Waals surface area contributed by atoms with Crippen molar-refractivity contribution in [3.05, 3.63) is 29.3 Å². The van der Waals surface area contributed by atoms with Gasteiger partial charge >= 0.3 is 0 Å². The second kappa shape index (κ2) is 6.02. The van der Waals surface area contributed by atoms with Crippen LogP contribution in [0, 0.1) is 23.7 Å². The van der Waals surface area contributed by atoms with Crippen molar-refractivity contribution in [3.63, 3.8) is 0 Å². The minimum Gasteiger partial charge on any atom is -0.326 e. The first-order chi connectivity index (χ1) is 11.9. The van der Waals surface area contributed by atoms with Crippen molar-refractivity contribution in [1.82, 2.24) is 10.2 Å². The Morgan fingerprint density at radius 1 is 1.08 bits per heavy atom. The van der Waals surface area contributed by atoms with E-state index in [0.717, 1.165) is 11.3 Å². The number of sulfonamides is 1. The number of rotatable bonds is 5. The lowest BCUT2D eigenvalue weighted by molar-refractivity contribution is -0.118. The Kier molecular flexibility index (Phi) is 4.35. The summed E-state index contributed by atoms with van der Waals surface area (Å²) in [5, 5.41) is 11.3. The molecule has 26 heavy (non-hydrogen) atoms. The van der Waals surface area contributed by atoms with Crippen LogP contribution in [0.3, 0.4) is 0 Å². The molecule has 3 rings (SSSR count). The van der Waals surface area contributed by atoms with Gasteiger partial charge in [0.2, 0.25) is 11.0 Å². The quantitative estimate of drug-likeness (QED) is 0.810. The standard InChI is InChI=1S/C17H22N4O3S2/c1-10-19-20-15(25-10)21-26(23,24)12-8-6-11(7-9-12)18-14(22)13-16(2,3)17(13,4)5/h6-9,13H,1-5H3,(H,18,22)(H,20,21). The molecule has 2 N–H and O–H groups in total. The zero-order valence-corrected chi connectivity index (χ0v) is 17.0. The summed E-state index contributed by atoms with van der Waals surface area (Å²) in [7, 11) is -3.74. The molecule has 0 spiro atoms. The number of anilines is 2. The lowest BCUT2D eigenvalue weighted by atomic mass is 10.0. The van der Waals surface area contributed by atoms with Crippen LogP contribution in [0.5, 0.6) is 0 Å². The van der Waals surface area contributed by atoms with E-state index in [4.69, 9.17) is 0 Å². The fourth-order valence-corrected chi connectivity index (χ4v) is 5.12. The molecule has 1 heterocycles. The molecular weight excluding hydrogens is 372 g/mol. The van der Waals surface area contributed by atoms with Crippen molar-refractivity contribution in [2.75, 3.05) is 10.0 Å². The summed E-state index contributed by atoms with van der Waals surface area (Å²) in [4.78, 5) is 12.6. The molecule has 2 aromatic rings. The van der Waals surface area contributed by atoms with Crippen LogP contribution in [-0.4, -0.2) is 24.5 Å². The lowest BCUT2D eigenvalue weighted by Crippen LogP contribution is -2.18. The predicted molar refractivity (Wildman–Crippen MR) is 102 cm³/mol. The van der Waals surface area contributed by atoms with E-state index < -0.39 is 10.0 Å². The molecule has 0 atom stereocenters. The average Bonchev–Trinajstić information content (AvgIpc) is 2.79. The van der Waals surface area contributed by atoms with Crippen LogP contribution in [0.1, 0.15) is 32.7 Å². The maximum absolute atomic E-state index is 12.5. The number of aryl methyl sites for hydroxylation is 1. The van der Waals surface area contributed by atoms with E-state index in [1.165, 1.54) is 12.1 Å². The zero-order valence-electron chi connectivity index (χ0n) is 15.3. The first-order valence-electron chi connectivity index (χ1n) is 8.19. The van der Waals surface area contributed by atoms with Gasteiger partial charge in [0.05, 0.1) is 4.90 Å². The Labute approximate surface area is 157 Å². The molecule has 1 fully saturated rings. The van der Waals surface area contributed by atoms with Gasteiger partial charge in [-0.05, 0) is 42.0 Å². The minimum absolute atomic E-state index is 0.0435. The summed E-state index contributed by atoms with van der Waals surface area (Å²) in [6.45, 7) is 10.1. The molecule has 9 heteroatoms. The maximum Gasteiger partial charge on any atom is 0.263 e. The molecule has 1 amide bonds. The van der Waals surface area contributed by atoms with E-state index in [2.05, 4.69) is 47.9 Å². The van der Waals surface area contributed by atoms with Gasteiger partial charge in [-0.25, -0.2) is 8.42 Å². The summed E-state index contributed by atoms with van der Waals surface area (Å²) in [6.07, 6.45) is 0. The predicted octanol–water partition coefficient (Wildman–Crippen LogP) is 3.27. The van der Waals surface area contributed by atoms with E-state index >= 15 is 0 Å². The van der Waals surface area contributed by atoms with Gasteiger partial charge in [-0.15, -0.1) is 10.2 Å². The highest BCUT2D eigenvalue weighted by Gasteiger charge is 2.68. The Hall–Kier alpha value is -2.00. The second-order valence-electron chi connectivity index (χ2n) is 7.62. The molecular formula is C17H22N4O3S2. The number of nitrogens with zero attached hydrogens (tertiary/aromatic N) is 2. The fraction of sp³-hybridized carbons (Fsp3) is 0.471. The summed E-state index contributed by atoms with van der Waals surface area (Å²) < 4.78 is 27.1. The molecule has 1 aliphatic carbocycles. The van der Waals surface area contributed by atoms with Gasteiger partial charge in [0, 0.05) is 11.6 Å². The average molecular weight is 395 g/mol. The van der Waals surface area contributed by atoms with Gasteiger partial charge in [0.25, 0.3) is 10.0 Å².